The number of carboxylic acid groups (broad SMARTS) is 1. The molecule has 0 bridgehead atoms. The van der Waals surface area contributed by atoms with Crippen LogP contribution in [0.3, 0.4) is 0 Å². The van der Waals surface area contributed by atoms with Gasteiger partial charge in [0.15, 0.2) is 0 Å². The van der Waals surface area contributed by atoms with E-state index in [9.17, 15) is 19.1 Å². The molecule has 1 fully saturated rings. The number of carbonyl (C=O) groups excluding carboxylic acids is 1. The van der Waals surface area contributed by atoms with Crippen molar-refractivity contribution in [3.8, 4) is 0 Å². The molecule has 0 aromatic heterocycles. The van der Waals surface area contributed by atoms with Gasteiger partial charge in [-0.3, -0.25) is 9.59 Å². The highest BCUT2D eigenvalue weighted by Gasteiger charge is 2.58. The van der Waals surface area contributed by atoms with Gasteiger partial charge in [0.1, 0.15) is 5.82 Å². The van der Waals surface area contributed by atoms with Crippen molar-refractivity contribution in [2.75, 3.05) is 0 Å². The number of nitrogens with one attached hydrogen (secondary N) is 1. The lowest BCUT2D eigenvalue weighted by molar-refractivity contribution is -0.155. The van der Waals surface area contributed by atoms with E-state index >= 15 is 0 Å². The van der Waals surface area contributed by atoms with Crippen molar-refractivity contribution in [3.63, 3.8) is 0 Å². The van der Waals surface area contributed by atoms with Gasteiger partial charge in [-0.1, -0.05) is 26.0 Å². The quantitative estimate of drug-likeness (QED) is 0.898. The summed E-state index contributed by atoms with van der Waals surface area (Å²) in [5, 5.41) is 12.3. The summed E-state index contributed by atoms with van der Waals surface area (Å²) in [4.78, 5) is 24.0. The van der Waals surface area contributed by atoms with Crippen molar-refractivity contribution in [3.05, 3.63) is 35.6 Å². The Morgan fingerprint density at radius 3 is 2.36 bits per heavy atom. The zero-order valence-corrected chi connectivity index (χ0v) is 13.1. The maximum Gasteiger partial charge on any atom is 0.309 e. The molecule has 4 nitrogen and oxygen atoms in total. The Morgan fingerprint density at radius 2 is 1.86 bits per heavy atom. The second kappa shape index (κ2) is 5.71. The Morgan fingerprint density at radius 1 is 1.27 bits per heavy atom. The van der Waals surface area contributed by atoms with Gasteiger partial charge in [0.25, 0.3) is 0 Å². The average Bonchev–Trinajstić information content (AvgIpc) is 2.70. The van der Waals surface area contributed by atoms with Crippen LogP contribution in [-0.4, -0.2) is 17.0 Å². The van der Waals surface area contributed by atoms with E-state index in [1.54, 1.807) is 19.1 Å². The normalized spacial score (nSPS) is 26.6. The number of amides is 1. The Bertz CT molecular complexity index is 582. The van der Waals surface area contributed by atoms with E-state index in [0.717, 1.165) is 5.56 Å². The van der Waals surface area contributed by atoms with E-state index in [0.29, 0.717) is 19.4 Å². The summed E-state index contributed by atoms with van der Waals surface area (Å²) >= 11 is 0. The minimum absolute atomic E-state index is 0.140. The summed E-state index contributed by atoms with van der Waals surface area (Å²) in [7, 11) is 0. The predicted octanol–water partition coefficient (Wildman–Crippen LogP) is 2.97. The van der Waals surface area contributed by atoms with Gasteiger partial charge in [-0.05, 0) is 42.9 Å². The fourth-order valence-corrected chi connectivity index (χ4v) is 3.26. The first-order valence-corrected chi connectivity index (χ1v) is 7.44. The molecule has 0 heterocycles. The van der Waals surface area contributed by atoms with Crippen LogP contribution in [0.25, 0.3) is 0 Å². The number of hydrogen-bond acceptors (Lipinski definition) is 2. The van der Waals surface area contributed by atoms with E-state index in [1.807, 2.05) is 13.8 Å². The van der Waals surface area contributed by atoms with Crippen LogP contribution < -0.4 is 5.32 Å². The van der Waals surface area contributed by atoms with Crippen LogP contribution in [0.4, 0.5) is 4.39 Å². The van der Waals surface area contributed by atoms with Crippen LogP contribution in [0.5, 0.6) is 0 Å². The SMILES string of the molecule is CC1(C)[C@@H](C(=O)NCc2ccc(F)cc2)CC[C@@]1(C)C(=O)O. The van der Waals surface area contributed by atoms with Crippen molar-refractivity contribution in [1.82, 2.24) is 5.32 Å². The van der Waals surface area contributed by atoms with Crippen molar-refractivity contribution in [2.45, 2.75) is 40.2 Å². The molecule has 2 atom stereocenters. The highest BCUT2D eigenvalue weighted by Crippen LogP contribution is 2.56. The summed E-state index contributed by atoms with van der Waals surface area (Å²) in [5.74, 6) is -1.65. The first-order chi connectivity index (χ1) is 10.2. The Hall–Kier alpha value is -1.91. The summed E-state index contributed by atoms with van der Waals surface area (Å²) < 4.78 is 12.9. The summed E-state index contributed by atoms with van der Waals surface area (Å²) in [5.41, 5.74) is -0.706. The fourth-order valence-electron chi connectivity index (χ4n) is 3.26. The van der Waals surface area contributed by atoms with Gasteiger partial charge < -0.3 is 10.4 Å². The number of aliphatic carboxylic acids is 1. The van der Waals surface area contributed by atoms with Gasteiger partial charge in [0.2, 0.25) is 5.91 Å². The Kier molecular flexibility index (Phi) is 4.27. The smallest absolute Gasteiger partial charge is 0.309 e. The third kappa shape index (κ3) is 2.72. The lowest BCUT2D eigenvalue weighted by Gasteiger charge is -2.37. The summed E-state index contributed by atoms with van der Waals surface area (Å²) in [6, 6.07) is 5.94. The molecule has 22 heavy (non-hydrogen) atoms. The fraction of sp³-hybridized carbons (Fsp3) is 0.529. The second-order valence-corrected chi connectivity index (χ2v) is 6.79. The minimum atomic E-state index is -0.898. The van der Waals surface area contributed by atoms with Crippen LogP contribution in [0, 0.1) is 22.6 Å². The monoisotopic (exact) mass is 307 g/mol. The molecular weight excluding hydrogens is 285 g/mol. The van der Waals surface area contributed by atoms with Crippen molar-refractivity contribution in [2.24, 2.45) is 16.7 Å². The highest BCUT2D eigenvalue weighted by molar-refractivity contribution is 5.83. The van der Waals surface area contributed by atoms with Crippen LogP contribution in [0.2, 0.25) is 0 Å². The molecular formula is C17H22FNO3. The molecule has 2 N–H and O–H groups in total. The van der Waals surface area contributed by atoms with Gasteiger partial charge in [0, 0.05) is 12.5 Å². The van der Waals surface area contributed by atoms with Gasteiger partial charge in [-0.2, -0.15) is 0 Å². The molecule has 1 saturated carbocycles. The zero-order valence-electron chi connectivity index (χ0n) is 13.1. The topological polar surface area (TPSA) is 66.4 Å². The molecule has 0 saturated heterocycles. The molecule has 1 amide bonds. The lowest BCUT2D eigenvalue weighted by Crippen LogP contribution is -2.45. The molecule has 0 radical (unpaired) electrons. The maximum absolute atomic E-state index is 12.9. The van der Waals surface area contributed by atoms with Gasteiger partial charge in [-0.25, -0.2) is 4.39 Å². The second-order valence-electron chi connectivity index (χ2n) is 6.79. The molecule has 1 aromatic rings. The third-order valence-electron chi connectivity index (χ3n) is 5.39. The van der Waals surface area contributed by atoms with Crippen molar-refractivity contribution >= 4 is 11.9 Å². The number of carbonyl (C=O) groups is 2. The molecule has 0 aliphatic heterocycles. The zero-order chi connectivity index (χ0) is 16.5. The van der Waals surface area contributed by atoms with E-state index in [4.69, 9.17) is 0 Å². The Labute approximate surface area is 129 Å². The van der Waals surface area contributed by atoms with Crippen LogP contribution in [0.15, 0.2) is 24.3 Å². The van der Waals surface area contributed by atoms with E-state index in [2.05, 4.69) is 5.32 Å². The molecule has 1 aliphatic rings. The molecule has 5 heteroatoms. The largest absolute Gasteiger partial charge is 0.481 e. The molecule has 2 rings (SSSR count). The lowest BCUT2D eigenvalue weighted by atomic mass is 9.65. The molecule has 0 unspecified atom stereocenters. The first-order valence-electron chi connectivity index (χ1n) is 7.44. The number of hydrogen-bond donors (Lipinski definition) is 2. The maximum atomic E-state index is 12.9. The van der Waals surface area contributed by atoms with Crippen LogP contribution in [-0.2, 0) is 16.1 Å². The van der Waals surface area contributed by atoms with E-state index < -0.39 is 16.8 Å². The van der Waals surface area contributed by atoms with Crippen molar-refractivity contribution in [1.29, 1.82) is 0 Å². The highest BCUT2D eigenvalue weighted by atomic mass is 19.1. The first kappa shape index (κ1) is 16.5. The van der Waals surface area contributed by atoms with Gasteiger partial charge in [0.05, 0.1) is 5.41 Å². The number of rotatable bonds is 4. The number of carboxylic acids is 1. The standard InChI is InChI=1S/C17H22FNO3/c1-16(2)13(8-9-17(16,3)15(21)22)14(20)19-10-11-4-6-12(18)7-5-11/h4-7,13H,8-10H2,1-3H3,(H,19,20)(H,21,22)/t13-,17+/m1/s1. The molecule has 1 aromatic carbocycles. The van der Waals surface area contributed by atoms with Gasteiger partial charge in [-0.15, -0.1) is 0 Å². The van der Waals surface area contributed by atoms with E-state index in [1.165, 1.54) is 12.1 Å². The molecule has 120 valence electrons. The number of benzene rings is 1. The minimum Gasteiger partial charge on any atom is -0.481 e. The van der Waals surface area contributed by atoms with Crippen LogP contribution in [0.1, 0.15) is 39.2 Å². The Balaban J connectivity index is 2.04. The molecule has 0 spiro atoms. The predicted molar refractivity (Wildman–Crippen MR) is 80.5 cm³/mol. The van der Waals surface area contributed by atoms with Gasteiger partial charge >= 0.3 is 5.97 Å². The number of halogens is 1. The summed E-state index contributed by atoms with van der Waals surface area (Å²) in [6.45, 7) is 5.71. The van der Waals surface area contributed by atoms with E-state index in [-0.39, 0.29) is 17.6 Å². The average molecular weight is 307 g/mol. The third-order valence-corrected chi connectivity index (χ3v) is 5.39. The molecule has 1 aliphatic carbocycles. The van der Waals surface area contributed by atoms with Crippen molar-refractivity contribution < 1.29 is 19.1 Å². The van der Waals surface area contributed by atoms with Crippen LogP contribution >= 0.6 is 0 Å². The summed E-state index contributed by atoms with van der Waals surface area (Å²) in [6.07, 6.45) is 1.05.